The Labute approximate surface area is 155 Å². The second-order valence-electron chi connectivity index (χ2n) is 6.20. The van der Waals surface area contributed by atoms with Crippen molar-refractivity contribution in [3.05, 3.63) is 36.2 Å². The van der Waals surface area contributed by atoms with Crippen LogP contribution < -0.4 is 5.32 Å². The maximum absolute atomic E-state index is 12.1. The van der Waals surface area contributed by atoms with Crippen LogP contribution in [0.15, 0.2) is 30.6 Å². The average molecular weight is 381 g/mol. The lowest BCUT2D eigenvalue weighted by Crippen LogP contribution is -2.37. The largest absolute Gasteiger partial charge is 0.353 e. The van der Waals surface area contributed by atoms with Gasteiger partial charge in [0.25, 0.3) is 0 Å². The molecule has 0 radical (unpaired) electrons. The summed E-state index contributed by atoms with van der Waals surface area (Å²) in [5, 5.41) is 2.82. The van der Waals surface area contributed by atoms with Crippen molar-refractivity contribution in [3.8, 4) is 0 Å². The lowest BCUT2D eigenvalue weighted by atomic mass is 10.2. The van der Waals surface area contributed by atoms with E-state index in [0.717, 1.165) is 42.1 Å². The molecule has 0 aromatic carbocycles. The van der Waals surface area contributed by atoms with Crippen LogP contribution in [0.25, 0.3) is 6.08 Å². The number of carbonyl (C=O) groups excluding carboxylic acids is 1. The highest BCUT2D eigenvalue weighted by atomic mass is 32.2. The molecule has 2 rings (SSSR count). The topological polar surface area (TPSA) is 88.6 Å². The predicted molar refractivity (Wildman–Crippen MR) is 100 cm³/mol. The van der Waals surface area contributed by atoms with Gasteiger partial charge in [-0.3, -0.25) is 14.6 Å². The summed E-state index contributed by atoms with van der Waals surface area (Å²) in [5.74, 6) is -0.0137. The number of carbonyl (C=O) groups is 1. The minimum absolute atomic E-state index is 0.119. The zero-order valence-electron chi connectivity index (χ0n) is 15.0. The van der Waals surface area contributed by atoms with E-state index < -0.39 is 10.0 Å². The summed E-state index contributed by atoms with van der Waals surface area (Å²) in [7, 11) is -3.30. The van der Waals surface area contributed by atoms with Crippen LogP contribution in [0.5, 0.6) is 0 Å². The Morgan fingerprint density at radius 3 is 2.69 bits per heavy atom. The van der Waals surface area contributed by atoms with Gasteiger partial charge >= 0.3 is 0 Å². The molecular formula is C18H27N3O4S. The van der Waals surface area contributed by atoms with Gasteiger partial charge in [-0.25, -0.2) is 8.42 Å². The van der Waals surface area contributed by atoms with Gasteiger partial charge in [-0.2, -0.15) is 0 Å². The van der Waals surface area contributed by atoms with Crippen LogP contribution in [0, 0.1) is 0 Å². The number of hydrogen-bond acceptors (Lipinski definition) is 5. The maximum atomic E-state index is 12.1. The first-order valence-electron chi connectivity index (χ1n) is 9.07. The van der Waals surface area contributed by atoms with Crippen LogP contribution in [-0.4, -0.2) is 49.2 Å². The van der Waals surface area contributed by atoms with E-state index in [0.29, 0.717) is 26.1 Å². The fourth-order valence-electron chi connectivity index (χ4n) is 2.58. The van der Waals surface area contributed by atoms with E-state index in [4.69, 9.17) is 4.84 Å². The quantitative estimate of drug-likeness (QED) is 0.495. The predicted octanol–water partition coefficient (Wildman–Crippen LogP) is 2.13. The Kier molecular flexibility index (Phi) is 8.73. The molecule has 1 aromatic heterocycles. The van der Waals surface area contributed by atoms with Crippen molar-refractivity contribution in [3.63, 3.8) is 0 Å². The van der Waals surface area contributed by atoms with Crippen LogP contribution in [0.4, 0.5) is 0 Å². The number of nitrogens with one attached hydrogen (secondary N) is 1. The standard InChI is InChI=1S/C18H27N3O4S/c22-18(8-7-17-9-12-19-13-10-17)20-11-3-1-2-6-16-26(23,24)21-14-4-5-15-25-21/h7-10,12-13H,1-6,11,14-16H2,(H,20,22)/b8-7+. The number of unbranched alkanes of at least 4 members (excludes halogenated alkanes) is 3. The van der Waals surface area contributed by atoms with E-state index in [1.54, 1.807) is 18.5 Å². The van der Waals surface area contributed by atoms with Crippen molar-refractivity contribution in [1.82, 2.24) is 14.8 Å². The van der Waals surface area contributed by atoms with Crippen molar-refractivity contribution in [2.45, 2.75) is 38.5 Å². The Bertz CT molecular complexity index is 671. The van der Waals surface area contributed by atoms with E-state index in [9.17, 15) is 13.2 Å². The molecule has 0 saturated carbocycles. The second-order valence-corrected chi connectivity index (χ2v) is 8.18. The van der Waals surface area contributed by atoms with Gasteiger partial charge in [-0.1, -0.05) is 17.3 Å². The van der Waals surface area contributed by atoms with Crippen LogP contribution in [0.2, 0.25) is 0 Å². The summed E-state index contributed by atoms with van der Waals surface area (Å²) in [6, 6.07) is 3.65. The van der Waals surface area contributed by atoms with E-state index in [2.05, 4.69) is 10.3 Å². The lowest BCUT2D eigenvalue weighted by molar-refractivity contribution is -0.116. The molecule has 1 fully saturated rings. The molecule has 1 saturated heterocycles. The van der Waals surface area contributed by atoms with Crippen LogP contribution in [0.3, 0.4) is 0 Å². The Hall–Kier alpha value is -1.77. The molecular weight excluding hydrogens is 354 g/mol. The van der Waals surface area contributed by atoms with Crippen LogP contribution in [-0.2, 0) is 19.7 Å². The number of pyridine rings is 1. The van der Waals surface area contributed by atoms with Crippen molar-refractivity contribution >= 4 is 22.0 Å². The highest BCUT2D eigenvalue weighted by molar-refractivity contribution is 7.88. The zero-order chi connectivity index (χ0) is 18.7. The number of hydrogen-bond donors (Lipinski definition) is 1. The molecule has 0 atom stereocenters. The lowest BCUT2D eigenvalue weighted by Gasteiger charge is -2.25. The molecule has 2 heterocycles. The summed E-state index contributed by atoms with van der Waals surface area (Å²) in [6.45, 7) is 1.53. The summed E-state index contributed by atoms with van der Waals surface area (Å²) >= 11 is 0. The summed E-state index contributed by atoms with van der Waals surface area (Å²) < 4.78 is 25.3. The highest BCUT2D eigenvalue weighted by Gasteiger charge is 2.24. The molecule has 0 spiro atoms. The molecule has 1 amide bonds. The first kappa shape index (κ1) is 20.5. The number of aromatic nitrogens is 1. The van der Waals surface area contributed by atoms with E-state index >= 15 is 0 Å². The van der Waals surface area contributed by atoms with Gasteiger partial charge in [-0.15, -0.1) is 0 Å². The van der Waals surface area contributed by atoms with Crippen molar-refractivity contribution < 1.29 is 18.0 Å². The Morgan fingerprint density at radius 1 is 1.19 bits per heavy atom. The number of sulfonamides is 1. The van der Waals surface area contributed by atoms with Crippen molar-refractivity contribution in [2.24, 2.45) is 0 Å². The van der Waals surface area contributed by atoms with E-state index in [1.807, 2.05) is 12.1 Å². The molecule has 1 aliphatic heterocycles. The average Bonchev–Trinajstić information content (AvgIpc) is 2.67. The van der Waals surface area contributed by atoms with E-state index in [-0.39, 0.29) is 11.7 Å². The minimum Gasteiger partial charge on any atom is -0.353 e. The van der Waals surface area contributed by atoms with Gasteiger partial charge < -0.3 is 5.32 Å². The first-order valence-corrected chi connectivity index (χ1v) is 10.7. The van der Waals surface area contributed by atoms with Gasteiger partial charge in [0.2, 0.25) is 15.9 Å². The molecule has 1 aromatic rings. The monoisotopic (exact) mass is 381 g/mol. The molecule has 1 N–H and O–H groups in total. The minimum atomic E-state index is -3.30. The summed E-state index contributed by atoms with van der Waals surface area (Å²) in [6.07, 6.45) is 11.5. The third kappa shape index (κ3) is 7.63. The van der Waals surface area contributed by atoms with Gasteiger partial charge in [-0.05, 0) is 49.5 Å². The van der Waals surface area contributed by atoms with Crippen molar-refractivity contribution in [1.29, 1.82) is 0 Å². The van der Waals surface area contributed by atoms with Gasteiger partial charge in [0, 0.05) is 31.6 Å². The number of amides is 1. The molecule has 26 heavy (non-hydrogen) atoms. The maximum Gasteiger partial charge on any atom is 0.243 e. The first-order chi connectivity index (χ1) is 12.6. The molecule has 7 nitrogen and oxygen atoms in total. The fourth-order valence-corrected chi connectivity index (χ4v) is 3.99. The van der Waals surface area contributed by atoms with Crippen molar-refractivity contribution in [2.75, 3.05) is 25.4 Å². The summed E-state index contributed by atoms with van der Waals surface area (Å²) in [5.41, 5.74) is 0.925. The van der Waals surface area contributed by atoms with Gasteiger partial charge in [0.05, 0.1) is 12.4 Å². The smallest absolute Gasteiger partial charge is 0.243 e. The van der Waals surface area contributed by atoms with E-state index in [1.165, 1.54) is 6.08 Å². The Morgan fingerprint density at radius 2 is 1.96 bits per heavy atom. The van der Waals surface area contributed by atoms with Gasteiger partial charge in [0.15, 0.2) is 0 Å². The molecule has 1 aliphatic rings. The normalized spacial score (nSPS) is 16.0. The molecule has 0 aliphatic carbocycles. The second kappa shape index (κ2) is 11.1. The number of hydroxylamine groups is 1. The van der Waals surface area contributed by atoms with Crippen LogP contribution >= 0.6 is 0 Å². The van der Waals surface area contributed by atoms with Gasteiger partial charge in [0.1, 0.15) is 0 Å². The highest BCUT2D eigenvalue weighted by Crippen LogP contribution is 2.13. The molecule has 0 bridgehead atoms. The number of rotatable bonds is 10. The molecule has 0 unspecified atom stereocenters. The fraction of sp³-hybridized carbons (Fsp3) is 0.556. The summed E-state index contributed by atoms with van der Waals surface area (Å²) in [4.78, 5) is 20.8. The molecule has 8 heteroatoms. The third-order valence-electron chi connectivity index (χ3n) is 4.04. The SMILES string of the molecule is O=C(/C=C/c1ccncc1)NCCCCCCS(=O)(=O)N1CCCCO1. The van der Waals surface area contributed by atoms with Crippen LogP contribution in [0.1, 0.15) is 44.1 Å². The Balaban J connectivity index is 1.52. The third-order valence-corrected chi connectivity index (χ3v) is 5.76. The zero-order valence-corrected chi connectivity index (χ0v) is 15.8. The molecule has 144 valence electrons. The number of nitrogens with zero attached hydrogens (tertiary/aromatic N) is 2.